The van der Waals surface area contributed by atoms with Crippen molar-refractivity contribution in [3.05, 3.63) is 77.6 Å². The number of para-hydroxylation sites is 1. The lowest BCUT2D eigenvalue weighted by Gasteiger charge is -2.12. The average molecular weight is 472 g/mol. The molecule has 5 rings (SSSR count). The van der Waals surface area contributed by atoms with Crippen molar-refractivity contribution in [3.8, 4) is 16.9 Å². The maximum absolute atomic E-state index is 13.0. The summed E-state index contributed by atoms with van der Waals surface area (Å²) in [5.74, 6) is 5.20. The highest BCUT2D eigenvalue weighted by Gasteiger charge is 2.18. The predicted molar refractivity (Wildman–Crippen MR) is 134 cm³/mol. The molecule has 0 bridgehead atoms. The van der Waals surface area contributed by atoms with Crippen molar-refractivity contribution < 1.29 is 14.3 Å². The average Bonchev–Trinajstić information content (AvgIpc) is 3.45. The Morgan fingerprint density at radius 1 is 1.09 bits per heavy atom. The van der Waals surface area contributed by atoms with E-state index in [9.17, 15) is 9.59 Å². The Hall–Kier alpha value is -4.21. The summed E-state index contributed by atoms with van der Waals surface area (Å²) in [6.45, 7) is 0. The van der Waals surface area contributed by atoms with Crippen LogP contribution < -0.4 is 21.3 Å². The number of benzene rings is 2. The van der Waals surface area contributed by atoms with Crippen molar-refractivity contribution in [2.24, 2.45) is 12.9 Å². The van der Waals surface area contributed by atoms with E-state index in [-0.39, 0.29) is 5.91 Å². The summed E-state index contributed by atoms with van der Waals surface area (Å²) in [5, 5.41) is 6.75. The molecule has 8 nitrogen and oxygen atoms in total. The van der Waals surface area contributed by atoms with E-state index >= 15 is 0 Å². The second-order valence-corrected chi connectivity index (χ2v) is 8.58. The normalized spacial score (nSPS) is 11.0. The first-order valence-corrected chi connectivity index (χ1v) is 11.3. The van der Waals surface area contributed by atoms with Crippen molar-refractivity contribution in [2.75, 3.05) is 12.4 Å². The zero-order valence-corrected chi connectivity index (χ0v) is 19.3. The van der Waals surface area contributed by atoms with Crippen LogP contribution in [0.1, 0.15) is 20.8 Å². The molecule has 0 saturated carbocycles. The number of hydrogen-bond acceptors (Lipinski definition) is 6. The molecule has 0 unspecified atom stereocenters. The number of ether oxygens (including phenoxy) is 1. The lowest BCUT2D eigenvalue weighted by atomic mass is 10.0. The Morgan fingerprint density at radius 2 is 1.91 bits per heavy atom. The van der Waals surface area contributed by atoms with Crippen molar-refractivity contribution in [2.45, 2.75) is 0 Å². The molecule has 3 heterocycles. The molecule has 2 amide bonds. The van der Waals surface area contributed by atoms with Gasteiger partial charge in [0.2, 0.25) is 0 Å². The molecule has 0 atom stereocenters. The van der Waals surface area contributed by atoms with Crippen molar-refractivity contribution in [1.29, 1.82) is 0 Å². The molecular formula is C25H21N5O3S. The maximum Gasteiger partial charge on any atom is 0.272 e. The van der Waals surface area contributed by atoms with E-state index < -0.39 is 5.91 Å². The zero-order chi connectivity index (χ0) is 23.8. The van der Waals surface area contributed by atoms with Gasteiger partial charge in [-0.3, -0.25) is 20.0 Å². The molecule has 0 aliphatic rings. The summed E-state index contributed by atoms with van der Waals surface area (Å²) < 4.78 is 8.24. The number of carbonyl (C=O) groups is 2. The number of nitrogens with zero attached hydrogens (tertiary/aromatic N) is 2. The van der Waals surface area contributed by atoms with Gasteiger partial charge in [0.1, 0.15) is 11.4 Å². The minimum absolute atomic E-state index is 0.229. The Balaban J connectivity index is 1.49. The number of nitrogen functional groups attached to an aromatic ring is 1. The molecule has 0 radical (unpaired) electrons. The van der Waals surface area contributed by atoms with Gasteiger partial charge < -0.3 is 14.6 Å². The fourth-order valence-electron chi connectivity index (χ4n) is 4.07. The highest BCUT2D eigenvalue weighted by molar-refractivity contribution is 7.18. The number of aromatic nitrogens is 2. The van der Waals surface area contributed by atoms with E-state index in [1.165, 1.54) is 17.5 Å². The third kappa shape index (κ3) is 3.57. The van der Waals surface area contributed by atoms with Gasteiger partial charge in [-0.15, -0.1) is 11.3 Å². The van der Waals surface area contributed by atoms with Gasteiger partial charge in [0.15, 0.2) is 0 Å². The van der Waals surface area contributed by atoms with Gasteiger partial charge in [-0.25, -0.2) is 5.84 Å². The van der Waals surface area contributed by atoms with E-state index in [0.29, 0.717) is 22.7 Å². The first kappa shape index (κ1) is 21.6. The molecule has 0 aliphatic carbocycles. The van der Waals surface area contributed by atoms with Gasteiger partial charge in [-0.1, -0.05) is 24.3 Å². The monoisotopic (exact) mass is 471 g/mol. The standard InChI is InChI=1S/C25H21N5O3S/c1-30-20-6-4-3-5-15(20)9-21(30)25(32)28-19-8-7-14(10-22(19)33-2)18-13-34-23-16(18)11-27-12-17(23)24(31)29-26/h3-13H,26H2,1-2H3,(H,28,32)(H,29,31). The van der Waals surface area contributed by atoms with Crippen molar-refractivity contribution >= 4 is 49.8 Å². The van der Waals surface area contributed by atoms with Crippen LogP contribution in [0.25, 0.3) is 32.1 Å². The van der Waals surface area contributed by atoms with E-state index in [1.54, 1.807) is 13.3 Å². The number of nitrogens with one attached hydrogen (secondary N) is 2. The summed E-state index contributed by atoms with van der Waals surface area (Å²) >= 11 is 1.44. The van der Waals surface area contributed by atoms with Crippen LogP contribution >= 0.6 is 11.3 Å². The Morgan fingerprint density at radius 3 is 2.68 bits per heavy atom. The number of pyridine rings is 1. The van der Waals surface area contributed by atoms with Crippen LogP contribution in [-0.4, -0.2) is 28.5 Å². The van der Waals surface area contributed by atoms with E-state index in [4.69, 9.17) is 10.6 Å². The third-order valence-electron chi connectivity index (χ3n) is 5.80. The van der Waals surface area contributed by atoms with Gasteiger partial charge in [-0.2, -0.15) is 0 Å². The highest BCUT2D eigenvalue weighted by atomic mass is 32.1. The molecule has 0 spiro atoms. The van der Waals surface area contributed by atoms with Gasteiger partial charge in [0.05, 0.1) is 23.1 Å². The van der Waals surface area contributed by atoms with Crippen LogP contribution in [-0.2, 0) is 7.05 Å². The molecule has 0 saturated heterocycles. The Kier molecular flexibility index (Phi) is 5.48. The van der Waals surface area contributed by atoms with Crippen LogP contribution in [0.5, 0.6) is 5.75 Å². The topological polar surface area (TPSA) is 111 Å². The SMILES string of the molecule is COc1cc(-c2csc3c(C(=O)NN)cncc23)ccc1NC(=O)c1cc2ccccc2n1C. The van der Waals surface area contributed by atoms with Crippen LogP contribution in [0.15, 0.2) is 66.3 Å². The smallest absolute Gasteiger partial charge is 0.272 e. The Labute approximate surface area is 198 Å². The quantitative estimate of drug-likeness (QED) is 0.201. The minimum Gasteiger partial charge on any atom is -0.495 e. The first-order chi connectivity index (χ1) is 16.5. The molecule has 5 aromatic rings. The molecular weight excluding hydrogens is 450 g/mol. The molecule has 2 aromatic carbocycles. The highest BCUT2D eigenvalue weighted by Crippen LogP contribution is 2.38. The predicted octanol–water partition coefficient (Wildman–Crippen LogP) is 4.32. The largest absolute Gasteiger partial charge is 0.495 e. The molecule has 170 valence electrons. The molecule has 34 heavy (non-hydrogen) atoms. The maximum atomic E-state index is 13.0. The number of carbonyl (C=O) groups excluding carboxylic acids is 2. The summed E-state index contributed by atoms with van der Waals surface area (Å²) in [7, 11) is 3.43. The lowest BCUT2D eigenvalue weighted by Crippen LogP contribution is -2.30. The number of thiophene rings is 1. The summed E-state index contributed by atoms with van der Waals surface area (Å²) in [6, 6.07) is 15.3. The number of amides is 2. The number of hydrazine groups is 1. The van der Waals surface area contributed by atoms with Crippen molar-refractivity contribution in [3.63, 3.8) is 0 Å². The number of fused-ring (bicyclic) bond motifs is 2. The van der Waals surface area contributed by atoms with Crippen LogP contribution in [0.2, 0.25) is 0 Å². The third-order valence-corrected chi connectivity index (χ3v) is 6.83. The molecule has 0 fully saturated rings. The molecule has 3 aromatic heterocycles. The van der Waals surface area contributed by atoms with E-state index in [0.717, 1.165) is 32.1 Å². The van der Waals surface area contributed by atoms with Crippen LogP contribution in [0.3, 0.4) is 0 Å². The number of methoxy groups -OCH3 is 1. The van der Waals surface area contributed by atoms with Crippen LogP contribution in [0, 0.1) is 0 Å². The Bertz CT molecular complexity index is 1570. The summed E-state index contributed by atoms with van der Waals surface area (Å²) in [5.41, 5.74) is 6.44. The lowest BCUT2D eigenvalue weighted by molar-refractivity contribution is 0.0954. The van der Waals surface area contributed by atoms with Gasteiger partial charge in [0, 0.05) is 41.3 Å². The molecule has 0 aliphatic heterocycles. The van der Waals surface area contributed by atoms with Crippen LogP contribution in [0.4, 0.5) is 5.69 Å². The number of aryl methyl sites for hydroxylation is 1. The number of rotatable bonds is 5. The minimum atomic E-state index is -0.393. The van der Waals surface area contributed by atoms with E-state index in [2.05, 4.69) is 15.7 Å². The fourth-order valence-corrected chi connectivity index (χ4v) is 5.13. The first-order valence-electron chi connectivity index (χ1n) is 10.4. The second-order valence-electron chi connectivity index (χ2n) is 7.70. The summed E-state index contributed by atoms with van der Waals surface area (Å²) in [6.07, 6.45) is 3.22. The van der Waals surface area contributed by atoms with E-state index in [1.807, 2.05) is 65.5 Å². The summed E-state index contributed by atoms with van der Waals surface area (Å²) in [4.78, 5) is 29.3. The van der Waals surface area contributed by atoms with Gasteiger partial charge in [0.25, 0.3) is 11.8 Å². The van der Waals surface area contributed by atoms with Gasteiger partial charge in [-0.05, 0) is 35.2 Å². The number of nitrogens with two attached hydrogens (primary N) is 1. The molecule has 9 heteroatoms. The second kappa shape index (κ2) is 8.62. The molecule has 4 N–H and O–H groups in total. The number of hydrogen-bond donors (Lipinski definition) is 3. The number of anilines is 1. The van der Waals surface area contributed by atoms with Gasteiger partial charge >= 0.3 is 0 Å². The fraction of sp³-hybridized carbons (Fsp3) is 0.0800. The van der Waals surface area contributed by atoms with Crippen molar-refractivity contribution in [1.82, 2.24) is 15.0 Å². The zero-order valence-electron chi connectivity index (χ0n) is 18.5.